The predicted octanol–water partition coefficient (Wildman–Crippen LogP) is 4.30. The Labute approximate surface area is 193 Å². The molecule has 0 atom stereocenters. The normalized spacial score (nSPS) is 16.7. The molecule has 11 heteroatoms. The number of nitrogens with zero attached hydrogens (tertiary/aromatic N) is 6. The molecule has 2 rings (SSSR count). The van der Waals surface area contributed by atoms with Crippen LogP contribution in [0.25, 0.3) is 20.9 Å². The van der Waals surface area contributed by atoms with Gasteiger partial charge in [0.1, 0.15) is 11.4 Å². The van der Waals surface area contributed by atoms with E-state index in [0.717, 1.165) is 11.8 Å². The number of ether oxygens (including phenoxy) is 2. The maximum Gasteiger partial charge on any atom is 2.00 e. The molecule has 2 aliphatic rings. The molecule has 0 aromatic carbocycles. The number of hydrogen-bond acceptors (Lipinski definition) is 6. The van der Waals surface area contributed by atoms with Crippen LogP contribution in [-0.2, 0) is 36.1 Å². The second-order valence-corrected chi connectivity index (χ2v) is 5.32. The molecule has 2 saturated carbocycles. The van der Waals surface area contributed by atoms with Crippen LogP contribution in [0.2, 0.25) is 0 Å². The van der Waals surface area contributed by atoms with E-state index in [1.54, 1.807) is 39.5 Å². The number of hydrogen-bond donors (Lipinski definition) is 0. The van der Waals surface area contributed by atoms with E-state index in [9.17, 15) is 9.59 Å². The molecule has 0 aromatic heterocycles. The minimum Gasteiger partial charge on any atom is -0.462 e. The van der Waals surface area contributed by atoms with Crippen LogP contribution in [-0.4, -0.2) is 25.2 Å². The van der Waals surface area contributed by atoms with E-state index in [1.165, 1.54) is 12.2 Å². The van der Waals surface area contributed by atoms with E-state index in [1.807, 2.05) is 25.7 Å². The Morgan fingerprint density at radius 2 is 1.13 bits per heavy atom. The first-order chi connectivity index (χ1) is 14.5. The topological polar surface area (TPSA) is 150 Å². The van der Waals surface area contributed by atoms with Crippen molar-refractivity contribution in [2.24, 2.45) is 10.2 Å². The molecule has 10 nitrogen and oxygen atoms in total. The Balaban J connectivity index is 0.000000562. The Bertz CT molecular complexity index is 668. The second kappa shape index (κ2) is 17.3. The summed E-state index contributed by atoms with van der Waals surface area (Å²) in [6, 6.07) is 0. The number of carbonyl (C=O) groups is 2. The van der Waals surface area contributed by atoms with Crippen molar-refractivity contribution in [1.82, 2.24) is 0 Å². The van der Waals surface area contributed by atoms with E-state index in [2.05, 4.69) is 20.1 Å². The number of rotatable bonds is 8. The molecule has 0 N–H and O–H groups in total. The molecule has 2 aliphatic carbocycles. The predicted molar refractivity (Wildman–Crippen MR) is 109 cm³/mol. The molecular weight excluding hydrogens is 444 g/mol. The number of carbonyl (C=O) groups excluding carboxylic acids is 2. The summed E-state index contributed by atoms with van der Waals surface area (Å²) in [6.07, 6.45) is 17.5. The van der Waals surface area contributed by atoms with Crippen molar-refractivity contribution < 1.29 is 36.1 Å². The van der Waals surface area contributed by atoms with Gasteiger partial charge < -0.3 is 9.47 Å². The van der Waals surface area contributed by atoms with Crippen LogP contribution in [0.15, 0.2) is 33.8 Å². The van der Waals surface area contributed by atoms with Crippen LogP contribution < -0.4 is 0 Å². The first kappa shape index (κ1) is 28.6. The van der Waals surface area contributed by atoms with Crippen LogP contribution >= 0.6 is 0 Å². The van der Waals surface area contributed by atoms with Gasteiger partial charge in [0, 0.05) is 21.7 Å². The van der Waals surface area contributed by atoms with Crippen molar-refractivity contribution in [2.75, 3.05) is 13.2 Å². The first-order valence-electron chi connectivity index (χ1n) is 8.86. The second-order valence-electron chi connectivity index (χ2n) is 5.32. The largest absolute Gasteiger partial charge is 2.00 e. The van der Waals surface area contributed by atoms with E-state index < -0.39 is 11.9 Å². The summed E-state index contributed by atoms with van der Waals surface area (Å²) in [5.41, 5.74) is 16.5. The minimum absolute atomic E-state index is 0. The summed E-state index contributed by atoms with van der Waals surface area (Å²) in [7, 11) is 0. The van der Waals surface area contributed by atoms with E-state index in [-0.39, 0.29) is 41.7 Å². The van der Waals surface area contributed by atoms with E-state index in [0.29, 0.717) is 0 Å². The van der Waals surface area contributed by atoms with E-state index in [4.69, 9.17) is 20.5 Å². The first-order valence-corrected chi connectivity index (χ1v) is 8.86. The summed E-state index contributed by atoms with van der Waals surface area (Å²) in [5, 5.41) is 6.57. The fraction of sp³-hybridized carbons (Fsp3) is 0.200. The van der Waals surface area contributed by atoms with Gasteiger partial charge in [0.2, 0.25) is 0 Å². The van der Waals surface area contributed by atoms with Gasteiger partial charge in [-0.1, -0.05) is 22.4 Å². The number of azide groups is 2. The fourth-order valence-electron chi connectivity index (χ4n) is 2.05. The molecule has 0 aromatic rings. The maximum atomic E-state index is 11.3. The summed E-state index contributed by atoms with van der Waals surface area (Å²) in [6.45, 7) is 3.87. The van der Waals surface area contributed by atoms with Gasteiger partial charge in [-0.2, -0.15) is 0 Å². The van der Waals surface area contributed by atoms with Crippen LogP contribution in [0.4, 0.5) is 0 Å². The molecule has 0 bridgehead atoms. The van der Waals surface area contributed by atoms with Gasteiger partial charge in [0.05, 0.1) is 13.2 Å². The third-order valence-electron chi connectivity index (χ3n) is 3.26. The van der Waals surface area contributed by atoms with Crippen molar-refractivity contribution in [3.63, 3.8) is 0 Å². The van der Waals surface area contributed by atoms with Gasteiger partial charge in [-0.05, 0) is 76.3 Å². The van der Waals surface area contributed by atoms with Gasteiger partial charge in [0.15, 0.2) is 0 Å². The molecule has 160 valence electrons. The molecule has 0 unspecified atom stereocenters. The van der Waals surface area contributed by atoms with Gasteiger partial charge in [-0.3, -0.25) is 0 Å². The number of esters is 2. The summed E-state index contributed by atoms with van der Waals surface area (Å²) in [5.74, 6) is 0.365. The van der Waals surface area contributed by atoms with Crippen LogP contribution in [0.1, 0.15) is 13.8 Å². The van der Waals surface area contributed by atoms with Crippen LogP contribution in [0.3, 0.4) is 0 Å². The zero-order valence-corrected chi connectivity index (χ0v) is 18.0. The van der Waals surface area contributed by atoms with Gasteiger partial charge >= 0.3 is 29.0 Å². The molecule has 0 saturated heterocycles. The van der Waals surface area contributed by atoms with Crippen LogP contribution in [0.5, 0.6) is 0 Å². The van der Waals surface area contributed by atoms with Crippen molar-refractivity contribution >= 4 is 11.9 Å². The summed E-state index contributed by atoms with van der Waals surface area (Å²) < 4.78 is 9.47. The third-order valence-corrected chi connectivity index (χ3v) is 3.26. The zero-order valence-electron chi connectivity index (χ0n) is 16.9. The Morgan fingerprint density at radius 1 is 0.806 bits per heavy atom. The Kier molecular flexibility index (Phi) is 15.9. The van der Waals surface area contributed by atoms with Crippen molar-refractivity contribution in [2.45, 2.75) is 13.8 Å². The summed E-state index contributed by atoms with van der Waals surface area (Å²) in [4.78, 5) is 27.8. The minimum atomic E-state index is -0.614. The third kappa shape index (κ3) is 11.5. The standard InChI is InChI=1S/2C10H10N3O2.Fe/c2*1-2-15-10(14)9(12-13-11)7-8-5-3-4-6-8;/h2*3-7H,2H2,1H3;/q;;+2/b2*9-7-;. The Hall–Kier alpha value is -2.44. The molecule has 0 aliphatic heterocycles. The summed E-state index contributed by atoms with van der Waals surface area (Å²) >= 11 is 0. The van der Waals surface area contributed by atoms with Gasteiger partial charge in [-0.25, -0.2) is 9.59 Å². The zero-order chi connectivity index (χ0) is 22.2. The molecule has 0 amide bonds. The monoisotopic (exact) mass is 464 g/mol. The smallest absolute Gasteiger partial charge is 0.462 e. The number of allylic oxidation sites excluding steroid dienone is 2. The molecule has 10 radical (unpaired) electrons. The molecular formula is C20H20FeN6O4+2. The molecule has 0 heterocycles. The van der Waals surface area contributed by atoms with Crippen molar-refractivity contribution in [3.8, 4) is 0 Å². The average Bonchev–Trinajstić information content (AvgIpc) is 3.42. The van der Waals surface area contributed by atoms with Crippen molar-refractivity contribution in [3.05, 3.63) is 108 Å². The van der Waals surface area contributed by atoms with Crippen LogP contribution in [0, 0.1) is 63.2 Å². The Morgan fingerprint density at radius 3 is 1.39 bits per heavy atom. The average molecular weight is 464 g/mol. The molecule has 31 heavy (non-hydrogen) atoms. The quantitative estimate of drug-likeness (QED) is 0.131. The van der Waals surface area contributed by atoms with E-state index >= 15 is 0 Å². The molecule has 2 fully saturated rings. The SMILES string of the molecule is CCOC(=O)/C(=C/[C]1[CH][CH][CH][CH]1)N=[N+]=[N-].CCOC(=O)/C(=C/[C]1[CH][CH][CH][CH]1)N=[N+]=[N-].[Fe+2]. The van der Waals surface area contributed by atoms with Gasteiger partial charge in [0.25, 0.3) is 0 Å². The fourth-order valence-corrected chi connectivity index (χ4v) is 2.05. The molecule has 0 spiro atoms. The van der Waals surface area contributed by atoms with Gasteiger partial charge in [-0.15, -0.1) is 0 Å². The van der Waals surface area contributed by atoms with Crippen molar-refractivity contribution in [1.29, 1.82) is 0 Å². The maximum absolute atomic E-state index is 11.3.